The Morgan fingerprint density at radius 1 is 1.11 bits per heavy atom. The molecule has 0 aromatic heterocycles. The van der Waals surface area contributed by atoms with Crippen LogP contribution < -0.4 is 0 Å². The quantitative estimate of drug-likeness (QED) is 0.806. The van der Waals surface area contributed by atoms with Gasteiger partial charge < -0.3 is 10.0 Å². The molecule has 2 aliphatic heterocycles. The normalized spacial score (nSPS) is 19.3. The summed E-state index contributed by atoms with van der Waals surface area (Å²) in [6, 6.07) is 13.4. The minimum absolute atomic E-state index is 0.170. The Morgan fingerprint density at radius 3 is 2.57 bits per heavy atom. The van der Waals surface area contributed by atoms with E-state index in [0.29, 0.717) is 4.91 Å². The zero-order chi connectivity index (χ0) is 19.5. The molecule has 1 fully saturated rings. The summed E-state index contributed by atoms with van der Waals surface area (Å²) in [7, 11) is 0. The average Bonchev–Trinajstić information content (AvgIpc) is 3.05. The summed E-state index contributed by atoms with van der Waals surface area (Å²) in [6.45, 7) is 4.09. The van der Waals surface area contributed by atoms with Crippen LogP contribution in [0.4, 0.5) is 4.39 Å². The molecule has 1 N–H and O–H groups in total. The van der Waals surface area contributed by atoms with Crippen molar-refractivity contribution in [1.29, 1.82) is 0 Å². The molecule has 2 aromatic rings. The van der Waals surface area contributed by atoms with Crippen LogP contribution in [0.1, 0.15) is 11.1 Å². The molecule has 0 radical (unpaired) electrons. The van der Waals surface area contributed by atoms with E-state index in [1.165, 1.54) is 23.9 Å². The van der Waals surface area contributed by atoms with E-state index in [-0.39, 0.29) is 17.5 Å². The highest BCUT2D eigenvalue weighted by atomic mass is 32.2. The van der Waals surface area contributed by atoms with Crippen LogP contribution in [-0.4, -0.2) is 52.2 Å². The van der Waals surface area contributed by atoms with Gasteiger partial charge in [0.15, 0.2) is 5.17 Å². The van der Waals surface area contributed by atoms with Crippen LogP contribution in [0.5, 0.6) is 5.75 Å². The van der Waals surface area contributed by atoms with Crippen molar-refractivity contribution in [2.45, 2.75) is 6.54 Å². The van der Waals surface area contributed by atoms with Crippen LogP contribution in [0.15, 0.2) is 58.4 Å². The molecule has 4 rings (SSSR count). The molecule has 2 aliphatic rings. The number of thioether (sulfide) groups is 1. The lowest BCUT2D eigenvalue weighted by atomic mass is 10.2. The van der Waals surface area contributed by atoms with Gasteiger partial charge in [-0.2, -0.15) is 4.99 Å². The molecule has 2 heterocycles. The number of amidine groups is 1. The molecule has 0 aliphatic carbocycles. The Morgan fingerprint density at radius 2 is 1.86 bits per heavy atom. The number of carbonyl (C=O) groups is 1. The zero-order valence-corrected chi connectivity index (χ0v) is 16.0. The smallest absolute Gasteiger partial charge is 0.286 e. The standard InChI is InChI=1S/C21H20FN3O2S/c22-17-6-4-15(5-7-17)14-24-8-10-25(11-9-24)21-23-20(27)19(28-21)13-16-2-1-3-18(26)12-16/h1-7,12-13,26H,8-11,14H2/b19-13-. The van der Waals surface area contributed by atoms with Crippen molar-refractivity contribution in [3.8, 4) is 5.75 Å². The van der Waals surface area contributed by atoms with Crippen molar-refractivity contribution in [1.82, 2.24) is 9.80 Å². The second-order valence-electron chi connectivity index (χ2n) is 6.79. The average molecular weight is 397 g/mol. The Balaban J connectivity index is 1.34. The number of aromatic hydroxyl groups is 1. The van der Waals surface area contributed by atoms with E-state index in [1.54, 1.807) is 24.3 Å². The molecule has 5 nitrogen and oxygen atoms in total. The van der Waals surface area contributed by atoms with Gasteiger partial charge in [-0.1, -0.05) is 24.3 Å². The van der Waals surface area contributed by atoms with Crippen molar-refractivity contribution < 1.29 is 14.3 Å². The van der Waals surface area contributed by atoms with Gasteiger partial charge in [-0.3, -0.25) is 9.69 Å². The molecule has 0 spiro atoms. The van der Waals surface area contributed by atoms with Crippen molar-refractivity contribution >= 4 is 28.9 Å². The fourth-order valence-electron chi connectivity index (χ4n) is 3.24. The molecule has 1 amide bonds. The van der Waals surface area contributed by atoms with Crippen molar-refractivity contribution in [3.63, 3.8) is 0 Å². The van der Waals surface area contributed by atoms with E-state index < -0.39 is 0 Å². The van der Waals surface area contributed by atoms with Crippen LogP contribution in [-0.2, 0) is 11.3 Å². The third kappa shape index (κ3) is 4.43. The Kier molecular flexibility index (Phi) is 5.45. The minimum Gasteiger partial charge on any atom is -0.508 e. The Labute approximate surface area is 167 Å². The summed E-state index contributed by atoms with van der Waals surface area (Å²) < 4.78 is 13.0. The first kappa shape index (κ1) is 18.7. The van der Waals surface area contributed by atoms with Crippen molar-refractivity contribution in [3.05, 3.63) is 70.4 Å². The largest absolute Gasteiger partial charge is 0.508 e. The summed E-state index contributed by atoms with van der Waals surface area (Å²) in [6.07, 6.45) is 1.76. The maximum Gasteiger partial charge on any atom is 0.286 e. The van der Waals surface area contributed by atoms with E-state index in [1.807, 2.05) is 18.2 Å². The Hall–Kier alpha value is -2.64. The van der Waals surface area contributed by atoms with Crippen molar-refractivity contribution in [2.75, 3.05) is 26.2 Å². The number of phenolic OH excluding ortho intramolecular Hbond substituents is 1. The number of piperazine rings is 1. The molecule has 0 bridgehead atoms. The molecule has 0 saturated carbocycles. The third-order valence-electron chi connectivity index (χ3n) is 4.74. The second-order valence-corrected chi connectivity index (χ2v) is 7.80. The van der Waals surface area contributed by atoms with Crippen molar-refractivity contribution in [2.24, 2.45) is 4.99 Å². The number of amides is 1. The first-order valence-electron chi connectivity index (χ1n) is 9.10. The predicted molar refractivity (Wildman–Crippen MR) is 109 cm³/mol. The highest BCUT2D eigenvalue weighted by Gasteiger charge is 2.28. The van der Waals surface area contributed by atoms with Gasteiger partial charge in [0.2, 0.25) is 0 Å². The molecule has 7 heteroatoms. The number of rotatable bonds is 3. The molecule has 28 heavy (non-hydrogen) atoms. The molecule has 0 atom stereocenters. The summed E-state index contributed by atoms with van der Waals surface area (Å²) in [5, 5.41) is 10.3. The highest BCUT2D eigenvalue weighted by Crippen LogP contribution is 2.31. The van der Waals surface area contributed by atoms with Crippen LogP contribution in [0.25, 0.3) is 6.08 Å². The molecular weight excluding hydrogens is 377 g/mol. The number of halogens is 1. The highest BCUT2D eigenvalue weighted by molar-refractivity contribution is 8.18. The predicted octanol–water partition coefficient (Wildman–Crippen LogP) is 3.32. The fourth-order valence-corrected chi connectivity index (χ4v) is 4.21. The molecule has 2 aromatic carbocycles. The van der Waals surface area contributed by atoms with E-state index in [0.717, 1.165) is 49.0 Å². The topological polar surface area (TPSA) is 56.1 Å². The zero-order valence-electron chi connectivity index (χ0n) is 15.2. The van der Waals surface area contributed by atoms with E-state index in [9.17, 15) is 14.3 Å². The number of hydrogen-bond donors (Lipinski definition) is 1. The fraction of sp³-hybridized carbons (Fsp3) is 0.238. The second kappa shape index (κ2) is 8.16. The van der Waals surface area contributed by atoms with Gasteiger partial charge in [-0.15, -0.1) is 0 Å². The lowest BCUT2D eigenvalue weighted by Gasteiger charge is -2.35. The van der Waals surface area contributed by atoms with Crippen LogP contribution >= 0.6 is 11.8 Å². The van der Waals surface area contributed by atoms with Gasteiger partial charge in [0.1, 0.15) is 11.6 Å². The number of carbonyl (C=O) groups excluding carboxylic acids is 1. The molecular formula is C21H20FN3O2S. The SMILES string of the molecule is O=C1N=C(N2CCN(Cc3ccc(F)cc3)CC2)S/C1=C\c1cccc(O)c1. The van der Waals surface area contributed by atoms with Gasteiger partial charge in [0, 0.05) is 32.7 Å². The van der Waals surface area contributed by atoms with Gasteiger partial charge in [-0.05, 0) is 53.2 Å². The number of phenols is 1. The summed E-state index contributed by atoms with van der Waals surface area (Å²) in [5.74, 6) is -0.288. The maximum atomic E-state index is 13.0. The first-order valence-corrected chi connectivity index (χ1v) is 9.92. The number of nitrogens with zero attached hydrogens (tertiary/aromatic N) is 3. The number of benzene rings is 2. The molecule has 0 unspecified atom stereocenters. The Bertz CT molecular complexity index is 935. The van der Waals surface area contributed by atoms with Crippen LogP contribution in [0.3, 0.4) is 0 Å². The van der Waals surface area contributed by atoms with Gasteiger partial charge in [-0.25, -0.2) is 4.39 Å². The van der Waals surface area contributed by atoms with E-state index in [2.05, 4.69) is 14.8 Å². The monoisotopic (exact) mass is 397 g/mol. The van der Waals surface area contributed by atoms with Gasteiger partial charge in [0.05, 0.1) is 4.91 Å². The number of aliphatic imine (C=N–C) groups is 1. The lowest BCUT2D eigenvalue weighted by molar-refractivity contribution is -0.113. The minimum atomic E-state index is -0.239. The first-order chi connectivity index (χ1) is 13.6. The number of hydrogen-bond acceptors (Lipinski definition) is 5. The van der Waals surface area contributed by atoms with Gasteiger partial charge >= 0.3 is 0 Å². The maximum absolute atomic E-state index is 13.0. The van der Waals surface area contributed by atoms with E-state index >= 15 is 0 Å². The van der Waals surface area contributed by atoms with Gasteiger partial charge in [0.25, 0.3) is 5.91 Å². The summed E-state index contributed by atoms with van der Waals surface area (Å²) >= 11 is 1.38. The van der Waals surface area contributed by atoms with Crippen LogP contribution in [0, 0.1) is 5.82 Å². The molecule has 144 valence electrons. The molecule has 1 saturated heterocycles. The van der Waals surface area contributed by atoms with Crippen LogP contribution in [0.2, 0.25) is 0 Å². The van der Waals surface area contributed by atoms with E-state index in [4.69, 9.17) is 0 Å². The summed E-state index contributed by atoms with van der Waals surface area (Å²) in [4.78, 5) is 21.5. The third-order valence-corrected chi connectivity index (χ3v) is 5.78. The lowest BCUT2D eigenvalue weighted by Crippen LogP contribution is -2.47. The summed E-state index contributed by atoms with van der Waals surface area (Å²) in [5.41, 5.74) is 1.87.